The van der Waals surface area contributed by atoms with Crippen molar-refractivity contribution in [2.24, 2.45) is 0 Å². The summed E-state index contributed by atoms with van der Waals surface area (Å²) in [4.78, 5) is 0. The lowest BCUT2D eigenvalue weighted by atomic mass is 9.99. The van der Waals surface area contributed by atoms with Crippen LogP contribution in [0.15, 0.2) is 0 Å². The third-order valence-corrected chi connectivity index (χ3v) is 3.05. The predicted molar refractivity (Wildman–Crippen MR) is 60.6 cm³/mol. The van der Waals surface area contributed by atoms with Crippen molar-refractivity contribution in [3.05, 3.63) is 0 Å². The summed E-state index contributed by atoms with van der Waals surface area (Å²) in [7, 11) is 0. The van der Waals surface area contributed by atoms with Gasteiger partial charge >= 0.3 is 0 Å². The molecule has 7 nitrogen and oxygen atoms in total. The summed E-state index contributed by atoms with van der Waals surface area (Å²) in [5.41, 5.74) is 0. The first kappa shape index (κ1) is 15.8. The molecule has 0 aromatic carbocycles. The highest BCUT2D eigenvalue weighted by Gasteiger charge is 2.43. The molecule has 0 radical (unpaired) electrons. The Bertz CT molecular complexity index is 235. The maximum absolute atomic E-state index is 9.64. The van der Waals surface area contributed by atoms with E-state index in [-0.39, 0.29) is 6.61 Å². The number of aliphatic hydroxyl groups is 5. The first-order chi connectivity index (χ1) is 8.51. The Morgan fingerprint density at radius 1 is 1.17 bits per heavy atom. The number of rotatable bonds is 6. The predicted octanol–water partition coefficient (Wildman–Crippen LogP) is -2.04. The molecule has 6 atom stereocenters. The minimum atomic E-state index is -1.43. The number of hydrogen-bond acceptors (Lipinski definition) is 7. The molecule has 0 saturated carbocycles. The van der Waals surface area contributed by atoms with E-state index in [9.17, 15) is 20.4 Å². The fraction of sp³-hybridized carbons (Fsp3) is 1.00. The lowest BCUT2D eigenvalue weighted by Crippen LogP contribution is -2.59. The summed E-state index contributed by atoms with van der Waals surface area (Å²) in [5.74, 6) is 0. The van der Waals surface area contributed by atoms with Crippen molar-refractivity contribution in [1.29, 1.82) is 0 Å². The third kappa shape index (κ3) is 3.86. The SMILES string of the molecule is CC[C@@H](O)CCO[C@H]1OC(CO)[C@H](O)C(O)C1O. The zero-order valence-corrected chi connectivity index (χ0v) is 10.3. The van der Waals surface area contributed by atoms with E-state index in [2.05, 4.69) is 0 Å². The van der Waals surface area contributed by atoms with E-state index < -0.39 is 43.4 Å². The maximum Gasteiger partial charge on any atom is 0.186 e. The number of hydrogen-bond donors (Lipinski definition) is 5. The Hall–Kier alpha value is -0.280. The minimum absolute atomic E-state index is 0.150. The molecule has 18 heavy (non-hydrogen) atoms. The van der Waals surface area contributed by atoms with Gasteiger partial charge in [0.2, 0.25) is 0 Å². The van der Waals surface area contributed by atoms with Crippen LogP contribution < -0.4 is 0 Å². The van der Waals surface area contributed by atoms with Crippen LogP contribution in [0.25, 0.3) is 0 Å². The van der Waals surface area contributed by atoms with Gasteiger partial charge in [-0.25, -0.2) is 0 Å². The molecule has 1 aliphatic heterocycles. The number of aliphatic hydroxyl groups excluding tert-OH is 5. The van der Waals surface area contributed by atoms with Crippen molar-refractivity contribution in [3.8, 4) is 0 Å². The summed E-state index contributed by atoms with van der Waals surface area (Å²) in [6.45, 7) is 1.50. The quantitative estimate of drug-likeness (QED) is 0.376. The molecule has 0 bridgehead atoms. The Morgan fingerprint density at radius 2 is 1.83 bits per heavy atom. The van der Waals surface area contributed by atoms with Crippen molar-refractivity contribution in [2.75, 3.05) is 13.2 Å². The van der Waals surface area contributed by atoms with E-state index in [1.807, 2.05) is 6.92 Å². The molecule has 1 saturated heterocycles. The van der Waals surface area contributed by atoms with Gasteiger partial charge in [-0.1, -0.05) is 6.92 Å². The molecule has 3 unspecified atom stereocenters. The van der Waals surface area contributed by atoms with Crippen LogP contribution in [0.5, 0.6) is 0 Å². The smallest absolute Gasteiger partial charge is 0.186 e. The van der Waals surface area contributed by atoms with Crippen molar-refractivity contribution in [3.63, 3.8) is 0 Å². The topological polar surface area (TPSA) is 120 Å². The maximum atomic E-state index is 9.64. The zero-order chi connectivity index (χ0) is 13.7. The van der Waals surface area contributed by atoms with Crippen LogP contribution in [-0.2, 0) is 9.47 Å². The average Bonchev–Trinajstić information content (AvgIpc) is 2.38. The standard InChI is InChI=1S/C11H22O7/c1-2-6(13)3-4-17-11-10(16)9(15)8(14)7(5-12)18-11/h6-16H,2-5H2,1H3/t6-,7?,8+,9?,10?,11+/m1/s1. The molecule has 0 aliphatic carbocycles. The van der Waals surface area contributed by atoms with E-state index in [4.69, 9.17) is 14.6 Å². The van der Waals surface area contributed by atoms with Crippen LogP contribution in [0.1, 0.15) is 19.8 Å². The van der Waals surface area contributed by atoms with Crippen LogP contribution in [0, 0.1) is 0 Å². The van der Waals surface area contributed by atoms with Crippen LogP contribution in [0.3, 0.4) is 0 Å². The Morgan fingerprint density at radius 3 is 2.39 bits per heavy atom. The zero-order valence-electron chi connectivity index (χ0n) is 10.3. The summed E-state index contributed by atoms with van der Waals surface area (Å²) >= 11 is 0. The fourth-order valence-electron chi connectivity index (χ4n) is 1.73. The Labute approximate surface area is 106 Å². The summed E-state index contributed by atoms with van der Waals surface area (Å²) in [5, 5.41) is 47.0. The van der Waals surface area contributed by atoms with Gasteiger partial charge in [0, 0.05) is 0 Å². The highest BCUT2D eigenvalue weighted by atomic mass is 16.7. The first-order valence-corrected chi connectivity index (χ1v) is 6.11. The van der Waals surface area contributed by atoms with Gasteiger partial charge in [-0.2, -0.15) is 0 Å². The molecule has 0 amide bonds. The summed E-state index contributed by atoms with van der Waals surface area (Å²) in [6.07, 6.45) is -5.81. The first-order valence-electron chi connectivity index (χ1n) is 6.11. The van der Waals surface area contributed by atoms with E-state index in [1.54, 1.807) is 0 Å². The minimum Gasteiger partial charge on any atom is -0.394 e. The molecule has 108 valence electrons. The van der Waals surface area contributed by atoms with Crippen LogP contribution in [0.4, 0.5) is 0 Å². The molecule has 5 N–H and O–H groups in total. The van der Waals surface area contributed by atoms with E-state index in [1.165, 1.54) is 0 Å². The highest BCUT2D eigenvalue weighted by Crippen LogP contribution is 2.22. The van der Waals surface area contributed by atoms with Crippen LogP contribution >= 0.6 is 0 Å². The van der Waals surface area contributed by atoms with Crippen LogP contribution in [0.2, 0.25) is 0 Å². The lowest BCUT2D eigenvalue weighted by molar-refractivity contribution is -0.301. The monoisotopic (exact) mass is 266 g/mol. The molecule has 7 heteroatoms. The molecular weight excluding hydrogens is 244 g/mol. The van der Waals surface area contributed by atoms with Gasteiger partial charge in [0.15, 0.2) is 6.29 Å². The van der Waals surface area contributed by atoms with E-state index >= 15 is 0 Å². The third-order valence-electron chi connectivity index (χ3n) is 3.05. The molecule has 0 spiro atoms. The normalized spacial score (nSPS) is 38.7. The van der Waals surface area contributed by atoms with Gasteiger partial charge in [-0.05, 0) is 12.8 Å². The van der Waals surface area contributed by atoms with Crippen molar-refractivity contribution < 1.29 is 35.0 Å². The van der Waals surface area contributed by atoms with Crippen molar-refractivity contribution in [2.45, 2.75) is 56.6 Å². The molecule has 0 aromatic heterocycles. The van der Waals surface area contributed by atoms with Gasteiger partial charge in [0.25, 0.3) is 0 Å². The highest BCUT2D eigenvalue weighted by molar-refractivity contribution is 4.88. The van der Waals surface area contributed by atoms with Gasteiger partial charge in [-0.3, -0.25) is 0 Å². The van der Waals surface area contributed by atoms with Gasteiger partial charge in [-0.15, -0.1) is 0 Å². The van der Waals surface area contributed by atoms with E-state index in [0.717, 1.165) is 0 Å². The largest absolute Gasteiger partial charge is 0.394 e. The van der Waals surface area contributed by atoms with Crippen molar-refractivity contribution >= 4 is 0 Å². The fourth-order valence-corrected chi connectivity index (χ4v) is 1.73. The summed E-state index contributed by atoms with van der Waals surface area (Å²) < 4.78 is 10.3. The number of ether oxygens (including phenoxy) is 2. The van der Waals surface area contributed by atoms with Crippen LogP contribution in [-0.4, -0.2) is 75.6 Å². The molecule has 1 fully saturated rings. The second kappa shape index (κ2) is 7.34. The second-order valence-corrected chi connectivity index (χ2v) is 4.42. The Balaban J connectivity index is 2.44. The average molecular weight is 266 g/mol. The molecule has 1 aliphatic rings. The van der Waals surface area contributed by atoms with Gasteiger partial charge in [0.05, 0.1) is 19.3 Å². The molecule has 0 aromatic rings. The molecule has 1 heterocycles. The van der Waals surface area contributed by atoms with Crippen molar-refractivity contribution in [1.82, 2.24) is 0 Å². The molecule has 1 rings (SSSR count). The molecular formula is C11H22O7. The van der Waals surface area contributed by atoms with Gasteiger partial charge in [0.1, 0.15) is 24.4 Å². The summed E-state index contributed by atoms with van der Waals surface area (Å²) in [6, 6.07) is 0. The van der Waals surface area contributed by atoms with E-state index in [0.29, 0.717) is 12.8 Å². The van der Waals surface area contributed by atoms with Gasteiger partial charge < -0.3 is 35.0 Å². The lowest BCUT2D eigenvalue weighted by Gasteiger charge is -2.39. The second-order valence-electron chi connectivity index (χ2n) is 4.42. The Kier molecular flexibility index (Phi) is 6.44.